The van der Waals surface area contributed by atoms with Crippen LogP contribution in [0.3, 0.4) is 0 Å². The summed E-state index contributed by atoms with van der Waals surface area (Å²) < 4.78 is 42.9. The minimum Gasteiger partial charge on any atom is -0.399 e. The lowest BCUT2D eigenvalue weighted by Crippen LogP contribution is -2.47. The molecule has 1 fully saturated rings. The van der Waals surface area contributed by atoms with Gasteiger partial charge in [0, 0.05) is 36.8 Å². The van der Waals surface area contributed by atoms with Crippen LogP contribution < -0.4 is 9.80 Å². The minimum atomic E-state index is -4.66. The Morgan fingerprint density at radius 3 is 2.42 bits per heavy atom. The summed E-state index contributed by atoms with van der Waals surface area (Å²) in [6.07, 6.45) is -3.06. The van der Waals surface area contributed by atoms with E-state index < -0.39 is 12.1 Å². The highest BCUT2D eigenvalue weighted by Crippen LogP contribution is 2.30. The van der Waals surface area contributed by atoms with E-state index in [0.717, 1.165) is 0 Å². The Morgan fingerprint density at radius 1 is 1.17 bits per heavy atom. The summed E-state index contributed by atoms with van der Waals surface area (Å²) in [5, 5.41) is 15.7. The van der Waals surface area contributed by atoms with Gasteiger partial charge < -0.3 is 14.2 Å². The van der Waals surface area contributed by atoms with E-state index in [4.69, 9.17) is 0 Å². The Morgan fingerprint density at radius 2 is 1.83 bits per heavy atom. The van der Waals surface area contributed by atoms with Crippen LogP contribution in [0, 0.1) is 11.3 Å². The van der Waals surface area contributed by atoms with E-state index in [-0.39, 0.29) is 6.01 Å². The Bertz CT molecular complexity index is 779. The minimum absolute atomic E-state index is 0.161. The van der Waals surface area contributed by atoms with Gasteiger partial charge in [0.2, 0.25) is 0 Å². The number of alkyl halides is 3. The van der Waals surface area contributed by atoms with E-state index >= 15 is 0 Å². The number of nitriles is 1. The highest BCUT2D eigenvalue weighted by molar-refractivity contribution is 9.10. The van der Waals surface area contributed by atoms with Crippen molar-refractivity contribution in [2.45, 2.75) is 6.18 Å². The molecule has 1 aliphatic rings. The molecular weight excluding hydrogens is 393 g/mol. The lowest BCUT2D eigenvalue weighted by molar-refractivity contribution is -0.157. The van der Waals surface area contributed by atoms with Gasteiger partial charge in [-0.15, -0.1) is 5.10 Å². The largest absolute Gasteiger partial charge is 0.470 e. The second kappa shape index (κ2) is 6.27. The second-order valence-electron chi connectivity index (χ2n) is 5.00. The summed E-state index contributed by atoms with van der Waals surface area (Å²) in [5.41, 5.74) is 0.426. The third-order valence-corrected chi connectivity index (χ3v) is 3.89. The summed E-state index contributed by atoms with van der Waals surface area (Å²) in [7, 11) is 0. The normalized spacial score (nSPS) is 15.5. The van der Waals surface area contributed by atoms with E-state index in [9.17, 15) is 18.4 Å². The zero-order chi connectivity index (χ0) is 17.3. The molecule has 0 spiro atoms. The van der Waals surface area contributed by atoms with Gasteiger partial charge in [-0.05, 0) is 22.0 Å². The molecule has 126 valence electrons. The molecule has 0 aromatic carbocycles. The monoisotopic (exact) mass is 402 g/mol. The maximum Gasteiger partial charge on any atom is 0.470 e. The molecule has 0 radical (unpaired) electrons. The van der Waals surface area contributed by atoms with Gasteiger partial charge in [-0.2, -0.15) is 18.4 Å². The van der Waals surface area contributed by atoms with Crippen LogP contribution >= 0.6 is 15.9 Å². The van der Waals surface area contributed by atoms with E-state index in [0.29, 0.717) is 42.0 Å². The summed E-state index contributed by atoms with van der Waals surface area (Å²) in [5.74, 6) is -0.817. The molecular formula is C13H10BrF3N6O. The highest BCUT2D eigenvalue weighted by Gasteiger charge is 2.39. The average molecular weight is 403 g/mol. The Labute approximate surface area is 142 Å². The van der Waals surface area contributed by atoms with Crippen molar-refractivity contribution in [2.75, 3.05) is 36.0 Å². The van der Waals surface area contributed by atoms with Gasteiger partial charge in [0.1, 0.15) is 11.9 Å². The van der Waals surface area contributed by atoms with Crippen LogP contribution in [0.5, 0.6) is 0 Å². The van der Waals surface area contributed by atoms with Crippen LogP contribution in [-0.4, -0.2) is 41.4 Å². The third kappa shape index (κ3) is 3.28. The molecule has 0 N–H and O–H groups in total. The van der Waals surface area contributed by atoms with Crippen LogP contribution in [-0.2, 0) is 6.18 Å². The van der Waals surface area contributed by atoms with E-state index in [1.807, 2.05) is 4.90 Å². The topological polar surface area (TPSA) is 82.1 Å². The van der Waals surface area contributed by atoms with Crippen molar-refractivity contribution >= 4 is 27.8 Å². The first-order chi connectivity index (χ1) is 11.4. The van der Waals surface area contributed by atoms with Crippen molar-refractivity contribution < 1.29 is 17.6 Å². The first-order valence-electron chi connectivity index (χ1n) is 6.84. The van der Waals surface area contributed by atoms with Gasteiger partial charge in [0.05, 0.1) is 5.56 Å². The predicted octanol–water partition coefficient (Wildman–Crippen LogP) is 2.44. The molecule has 24 heavy (non-hydrogen) atoms. The molecule has 0 aliphatic carbocycles. The molecule has 11 heteroatoms. The quantitative estimate of drug-likeness (QED) is 0.762. The van der Waals surface area contributed by atoms with Crippen molar-refractivity contribution in [3.05, 3.63) is 28.2 Å². The number of nitrogens with zero attached hydrogens (tertiary/aromatic N) is 6. The number of rotatable bonds is 2. The van der Waals surface area contributed by atoms with E-state index in [2.05, 4.69) is 41.6 Å². The molecule has 3 rings (SSSR count). The summed E-state index contributed by atoms with van der Waals surface area (Å²) >= 11 is 3.26. The van der Waals surface area contributed by atoms with E-state index in [1.165, 1.54) is 0 Å². The fourth-order valence-electron chi connectivity index (χ4n) is 2.33. The van der Waals surface area contributed by atoms with Gasteiger partial charge in [-0.25, -0.2) is 4.98 Å². The zero-order valence-corrected chi connectivity index (χ0v) is 13.7. The van der Waals surface area contributed by atoms with Crippen LogP contribution in [0.2, 0.25) is 0 Å². The van der Waals surface area contributed by atoms with E-state index in [1.54, 1.807) is 17.2 Å². The van der Waals surface area contributed by atoms with Crippen molar-refractivity contribution in [1.82, 2.24) is 15.2 Å². The first kappa shape index (κ1) is 16.5. The molecule has 0 saturated carbocycles. The molecule has 1 saturated heterocycles. The summed E-state index contributed by atoms with van der Waals surface area (Å²) in [4.78, 5) is 7.71. The molecule has 3 heterocycles. The van der Waals surface area contributed by atoms with Crippen molar-refractivity contribution in [1.29, 1.82) is 5.26 Å². The first-order valence-corrected chi connectivity index (χ1v) is 7.64. The Kier molecular flexibility index (Phi) is 4.31. The van der Waals surface area contributed by atoms with Gasteiger partial charge in [-0.3, -0.25) is 0 Å². The van der Waals surface area contributed by atoms with Gasteiger partial charge in [0.15, 0.2) is 0 Å². The number of anilines is 2. The van der Waals surface area contributed by atoms with Crippen LogP contribution in [0.15, 0.2) is 21.2 Å². The standard InChI is InChI=1S/C13H10BrF3N6O/c14-9-5-8(6-18)10(19-7-9)22-1-3-23(4-2-22)12-21-20-11(24-12)13(15,16)17/h5,7H,1-4H2. The summed E-state index contributed by atoms with van der Waals surface area (Å²) in [6, 6.07) is 3.59. The molecule has 0 bridgehead atoms. The number of piperazine rings is 1. The maximum atomic E-state index is 12.5. The predicted molar refractivity (Wildman–Crippen MR) is 80.4 cm³/mol. The zero-order valence-electron chi connectivity index (χ0n) is 12.1. The maximum absolute atomic E-state index is 12.5. The smallest absolute Gasteiger partial charge is 0.399 e. The average Bonchev–Trinajstić information content (AvgIpc) is 3.05. The lowest BCUT2D eigenvalue weighted by Gasteiger charge is -2.34. The van der Waals surface area contributed by atoms with Crippen LogP contribution in [0.1, 0.15) is 11.5 Å². The number of hydrogen-bond acceptors (Lipinski definition) is 7. The molecule has 0 amide bonds. The second-order valence-corrected chi connectivity index (χ2v) is 5.91. The fourth-order valence-corrected chi connectivity index (χ4v) is 2.66. The number of pyridine rings is 1. The third-order valence-electron chi connectivity index (χ3n) is 3.46. The molecule has 7 nitrogen and oxygen atoms in total. The molecule has 2 aromatic rings. The fraction of sp³-hybridized carbons (Fsp3) is 0.385. The van der Waals surface area contributed by atoms with Gasteiger partial charge in [0.25, 0.3) is 0 Å². The summed E-state index contributed by atoms with van der Waals surface area (Å²) in [6.45, 7) is 1.68. The lowest BCUT2D eigenvalue weighted by atomic mass is 10.2. The number of hydrogen-bond donors (Lipinski definition) is 0. The van der Waals surface area contributed by atoms with Crippen molar-refractivity contribution in [3.8, 4) is 6.07 Å². The van der Waals surface area contributed by atoms with Crippen LogP contribution in [0.4, 0.5) is 25.0 Å². The van der Waals surface area contributed by atoms with Gasteiger partial charge >= 0.3 is 18.1 Å². The SMILES string of the molecule is N#Cc1cc(Br)cnc1N1CCN(c2nnc(C(F)(F)F)o2)CC1. The molecule has 0 atom stereocenters. The Hall–Kier alpha value is -2.35. The van der Waals surface area contributed by atoms with Crippen molar-refractivity contribution in [3.63, 3.8) is 0 Å². The van der Waals surface area contributed by atoms with Crippen LogP contribution in [0.25, 0.3) is 0 Å². The molecule has 1 aliphatic heterocycles. The Balaban J connectivity index is 1.70. The number of aromatic nitrogens is 3. The van der Waals surface area contributed by atoms with Crippen molar-refractivity contribution in [2.24, 2.45) is 0 Å². The molecule has 0 unspecified atom stereocenters. The number of halogens is 4. The molecule has 2 aromatic heterocycles. The highest BCUT2D eigenvalue weighted by atomic mass is 79.9. The van der Waals surface area contributed by atoms with Gasteiger partial charge in [-0.1, -0.05) is 5.10 Å².